The summed E-state index contributed by atoms with van der Waals surface area (Å²) in [5, 5.41) is 14.2. The van der Waals surface area contributed by atoms with Crippen LogP contribution in [0.15, 0.2) is 53.4 Å². The summed E-state index contributed by atoms with van der Waals surface area (Å²) in [5.74, 6) is -0.610. The van der Waals surface area contributed by atoms with Crippen molar-refractivity contribution in [1.82, 2.24) is 10.6 Å². The smallest absolute Gasteiger partial charge is 0.238 e. The molecule has 11 heteroatoms. The van der Waals surface area contributed by atoms with Crippen LogP contribution in [-0.4, -0.2) is 42.6 Å². The topological polar surface area (TPSA) is 99.1 Å². The number of hydrogen-bond donors (Lipinski definition) is 2. The van der Waals surface area contributed by atoms with E-state index in [0.29, 0.717) is 16.7 Å². The number of halogens is 4. The summed E-state index contributed by atoms with van der Waals surface area (Å²) >= 11 is 18.9. The Balaban J connectivity index is 2.53. The van der Waals surface area contributed by atoms with Crippen LogP contribution < -0.4 is 10.6 Å². The minimum absolute atomic E-state index is 0.157. The van der Waals surface area contributed by atoms with Gasteiger partial charge in [-0.3, -0.25) is 10.1 Å². The van der Waals surface area contributed by atoms with Gasteiger partial charge in [-0.1, -0.05) is 71.2 Å². The van der Waals surface area contributed by atoms with E-state index in [4.69, 9.17) is 40.1 Å². The molecule has 0 aliphatic heterocycles. The van der Waals surface area contributed by atoms with Crippen molar-refractivity contribution in [3.63, 3.8) is 0 Å². The van der Waals surface area contributed by atoms with Crippen molar-refractivity contribution in [2.45, 2.75) is 46.7 Å². The molecule has 0 saturated carbocycles. The van der Waals surface area contributed by atoms with Gasteiger partial charge in [-0.05, 0) is 42.7 Å². The molecular formula is C23H25Cl3FN3O3S. The Morgan fingerprint density at radius 2 is 1.71 bits per heavy atom. The van der Waals surface area contributed by atoms with Gasteiger partial charge in [-0.25, -0.2) is 12.8 Å². The lowest BCUT2D eigenvalue weighted by Crippen LogP contribution is -2.50. The molecule has 2 rings (SSSR count). The second kappa shape index (κ2) is 11.2. The Hall–Kier alpha value is -1.89. The van der Waals surface area contributed by atoms with E-state index in [1.165, 1.54) is 26.0 Å². The Kier molecular flexibility index (Phi) is 9.37. The molecule has 34 heavy (non-hydrogen) atoms. The van der Waals surface area contributed by atoms with Crippen LogP contribution >= 0.6 is 34.8 Å². The molecule has 0 radical (unpaired) electrons. The average Bonchev–Trinajstić information content (AvgIpc) is 2.72. The van der Waals surface area contributed by atoms with Gasteiger partial charge in [-0.15, -0.1) is 0 Å². The zero-order chi connectivity index (χ0) is 25.7. The molecule has 0 heterocycles. The molecular weight excluding hydrogens is 524 g/mol. The molecule has 2 aromatic rings. The lowest BCUT2D eigenvalue weighted by Gasteiger charge is -2.33. The molecule has 184 valence electrons. The molecule has 0 aliphatic rings. The molecule has 6 nitrogen and oxygen atoms in total. The zero-order valence-corrected chi connectivity index (χ0v) is 21.9. The van der Waals surface area contributed by atoms with Gasteiger partial charge >= 0.3 is 0 Å². The molecule has 0 spiro atoms. The predicted molar refractivity (Wildman–Crippen MR) is 133 cm³/mol. The predicted octanol–water partition coefficient (Wildman–Crippen LogP) is 4.90. The van der Waals surface area contributed by atoms with E-state index in [0.717, 1.165) is 6.26 Å². The van der Waals surface area contributed by atoms with E-state index in [-0.39, 0.29) is 17.9 Å². The average molecular weight is 549 g/mol. The number of amides is 1. The SMILES string of the molecule is CC(C)(F)C[C@H](N[C@@H](c1ccccc1-c1ccc(S(C)(=O)=O)cc1)C(Cl)(Cl)Cl)C(=O)NCC#N. The molecule has 1 amide bonds. The number of nitrogens with zero attached hydrogens (tertiary/aromatic N) is 1. The van der Waals surface area contributed by atoms with Crippen molar-refractivity contribution in [3.8, 4) is 17.2 Å². The molecule has 0 saturated heterocycles. The van der Waals surface area contributed by atoms with Crippen LogP contribution in [-0.2, 0) is 14.6 Å². The van der Waals surface area contributed by atoms with Crippen molar-refractivity contribution >= 4 is 50.5 Å². The summed E-state index contributed by atoms with van der Waals surface area (Å²) in [6.45, 7) is 2.38. The lowest BCUT2D eigenvalue weighted by atomic mass is 9.93. The second-order valence-electron chi connectivity index (χ2n) is 8.38. The molecule has 2 atom stereocenters. The van der Waals surface area contributed by atoms with Gasteiger partial charge in [0.2, 0.25) is 9.70 Å². The molecule has 2 N–H and O–H groups in total. The minimum atomic E-state index is -3.38. The van der Waals surface area contributed by atoms with Gasteiger partial charge < -0.3 is 5.32 Å². The summed E-state index contributed by atoms with van der Waals surface area (Å²) in [5.41, 5.74) is 0.0487. The fourth-order valence-electron chi connectivity index (χ4n) is 3.42. The van der Waals surface area contributed by atoms with Crippen molar-refractivity contribution in [1.29, 1.82) is 5.26 Å². The first-order chi connectivity index (χ1) is 15.6. The molecule has 0 unspecified atom stereocenters. The summed E-state index contributed by atoms with van der Waals surface area (Å²) in [6, 6.07) is 12.8. The van der Waals surface area contributed by atoms with E-state index in [1.807, 2.05) is 0 Å². The summed E-state index contributed by atoms with van der Waals surface area (Å²) in [6.07, 6.45) is 0.870. The van der Waals surface area contributed by atoms with Crippen LogP contribution in [0, 0.1) is 11.3 Å². The first-order valence-electron chi connectivity index (χ1n) is 10.2. The monoisotopic (exact) mass is 547 g/mol. The van der Waals surface area contributed by atoms with Crippen molar-refractivity contribution in [2.24, 2.45) is 0 Å². The lowest BCUT2D eigenvalue weighted by molar-refractivity contribution is -0.124. The second-order valence-corrected chi connectivity index (χ2v) is 12.8. The Labute approximate surface area is 214 Å². The highest BCUT2D eigenvalue weighted by molar-refractivity contribution is 7.90. The quantitative estimate of drug-likeness (QED) is 0.343. The third-order valence-electron chi connectivity index (χ3n) is 4.91. The maximum atomic E-state index is 14.5. The van der Waals surface area contributed by atoms with Crippen LogP contribution in [0.2, 0.25) is 0 Å². The van der Waals surface area contributed by atoms with Crippen LogP contribution in [0.25, 0.3) is 11.1 Å². The highest BCUT2D eigenvalue weighted by atomic mass is 35.6. The molecule has 0 aliphatic carbocycles. The first-order valence-corrected chi connectivity index (χ1v) is 13.2. The fraction of sp³-hybridized carbons (Fsp3) is 0.391. The number of carbonyl (C=O) groups excluding carboxylic acids is 1. The number of sulfone groups is 1. The van der Waals surface area contributed by atoms with Gasteiger partial charge in [0, 0.05) is 12.7 Å². The Bertz CT molecular complexity index is 1150. The number of rotatable bonds is 9. The normalized spacial score (nSPS) is 14.2. The number of nitrogens with one attached hydrogen (secondary N) is 2. The van der Waals surface area contributed by atoms with E-state index in [2.05, 4.69) is 10.6 Å². The molecule has 0 bridgehead atoms. The number of hydrogen-bond acceptors (Lipinski definition) is 5. The Morgan fingerprint density at radius 1 is 1.12 bits per heavy atom. The van der Waals surface area contributed by atoms with Crippen molar-refractivity contribution in [2.75, 3.05) is 12.8 Å². The standard InChI is InChI=1S/C23H25Cl3FN3O3S/c1-22(2,27)14-19(21(31)29-13-12-28)30-20(23(24,25)26)18-7-5-4-6-17(18)15-8-10-16(11-9-15)34(3,32)33/h4-11,19-20,30H,13-14H2,1-3H3,(H,29,31)/t19-,20-/m0/s1. The van der Waals surface area contributed by atoms with Crippen LogP contribution in [0.3, 0.4) is 0 Å². The van der Waals surface area contributed by atoms with E-state index >= 15 is 0 Å². The number of benzene rings is 2. The van der Waals surface area contributed by atoms with E-state index in [9.17, 15) is 17.6 Å². The first kappa shape index (κ1) is 28.3. The summed E-state index contributed by atoms with van der Waals surface area (Å²) in [4.78, 5) is 12.8. The third-order valence-corrected chi connectivity index (χ3v) is 6.69. The Morgan fingerprint density at radius 3 is 2.21 bits per heavy atom. The molecule has 2 aromatic carbocycles. The van der Waals surface area contributed by atoms with Crippen molar-refractivity contribution < 1.29 is 17.6 Å². The van der Waals surface area contributed by atoms with Gasteiger partial charge in [0.05, 0.1) is 23.0 Å². The van der Waals surface area contributed by atoms with Gasteiger partial charge in [0.25, 0.3) is 0 Å². The molecule has 0 aromatic heterocycles. The van der Waals surface area contributed by atoms with E-state index in [1.54, 1.807) is 42.5 Å². The minimum Gasteiger partial charge on any atom is -0.342 e. The van der Waals surface area contributed by atoms with Crippen LogP contribution in [0.5, 0.6) is 0 Å². The molecule has 0 fully saturated rings. The zero-order valence-electron chi connectivity index (χ0n) is 18.8. The summed E-state index contributed by atoms with van der Waals surface area (Å²) in [7, 11) is -3.38. The van der Waals surface area contributed by atoms with E-state index < -0.39 is 37.3 Å². The maximum absolute atomic E-state index is 14.5. The summed E-state index contributed by atoms with van der Waals surface area (Å²) < 4.78 is 36.2. The number of nitriles is 1. The maximum Gasteiger partial charge on any atom is 0.238 e. The van der Waals surface area contributed by atoms with Crippen molar-refractivity contribution in [3.05, 3.63) is 54.1 Å². The largest absolute Gasteiger partial charge is 0.342 e. The van der Waals surface area contributed by atoms with Gasteiger partial charge in [-0.2, -0.15) is 5.26 Å². The fourth-order valence-corrected chi connectivity index (χ4v) is 4.59. The van der Waals surface area contributed by atoms with Crippen LogP contribution in [0.1, 0.15) is 31.9 Å². The number of carbonyl (C=O) groups is 1. The highest BCUT2D eigenvalue weighted by Crippen LogP contribution is 2.43. The number of alkyl halides is 4. The highest BCUT2D eigenvalue weighted by Gasteiger charge is 2.39. The third kappa shape index (κ3) is 8.10. The van der Waals surface area contributed by atoms with Gasteiger partial charge in [0.15, 0.2) is 9.84 Å². The van der Waals surface area contributed by atoms with Gasteiger partial charge in [0.1, 0.15) is 12.2 Å². The van der Waals surface area contributed by atoms with Crippen LogP contribution in [0.4, 0.5) is 4.39 Å².